The number of hydrogen-bond donors (Lipinski definition) is 2. The molecular weight excluding hydrogens is 348 g/mol. The molecule has 0 unspecified atom stereocenters. The topological polar surface area (TPSA) is 114 Å². The van der Waals surface area contributed by atoms with Crippen molar-refractivity contribution in [3.05, 3.63) is 70.4 Å². The lowest BCUT2D eigenvalue weighted by molar-refractivity contribution is 0.0457. The highest BCUT2D eigenvalue weighted by atomic mass is 16.5. The van der Waals surface area contributed by atoms with Gasteiger partial charge in [0, 0.05) is 10.8 Å². The third-order valence-electron chi connectivity index (χ3n) is 4.28. The lowest BCUT2D eigenvalue weighted by atomic mass is 10.2. The first kappa shape index (κ1) is 15.3. The molecule has 0 atom stereocenters. The fourth-order valence-corrected chi connectivity index (χ4v) is 3.04. The summed E-state index contributed by atoms with van der Waals surface area (Å²) >= 11 is 0. The van der Waals surface area contributed by atoms with Crippen molar-refractivity contribution >= 4 is 38.9 Å². The Morgan fingerprint density at radius 1 is 1.07 bits per heavy atom. The molecule has 0 bridgehead atoms. The van der Waals surface area contributed by atoms with Crippen LogP contribution in [-0.4, -0.2) is 26.1 Å². The molecule has 132 valence electrons. The Kier molecular flexibility index (Phi) is 3.29. The summed E-state index contributed by atoms with van der Waals surface area (Å²) in [5, 5.41) is 8.17. The zero-order valence-electron chi connectivity index (χ0n) is 13.9. The van der Waals surface area contributed by atoms with Crippen molar-refractivity contribution in [2.45, 2.75) is 6.61 Å². The highest BCUT2D eigenvalue weighted by Gasteiger charge is 2.17. The van der Waals surface area contributed by atoms with Gasteiger partial charge in [-0.15, -0.1) is 0 Å². The molecule has 0 aliphatic carbocycles. The van der Waals surface area contributed by atoms with Gasteiger partial charge in [-0.1, -0.05) is 30.3 Å². The highest BCUT2D eigenvalue weighted by molar-refractivity contribution is 6.02. The Morgan fingerprint density at radius 2 is 1.85 bits per heavy atom. The van der Waals surface area contributed by atoms with E-state index in [4.69, 9.17) is 9.15 Å². The van der Waals surface area contributed by atoms with Crippen LogP contribution in [0.25, 0.3) is 33.0 Å². The van der Waals surface area contributed by atoms with E-state index in [2.05, 4.69) is 20.2 Å². The lowest BCUT2D eigenvalue weighted by Gasteiger charge is -2.03. The molecule has 0 saturated carbocycles. The van der Waals surface area contributed by atoms with Gasteiger partial charge in [-0.2, -0.15) is 5.10 Å². The molecule has 8 nitrogen and oxygen atoms in total. The molecule has 2 aromatic carbocycles. The van der Waals surface area contributed by atoms with Gasteiger partial charge in [0.15, 0.2) is 5.69 Å². The first-order valence-electron chi connectivity index (χ1n) is 8.21. The first-order chi connectivity index (χ1) is 13.2. The molecule has 2 N–H and O–H groups in total. The molecule has 3 aromatic heterocycles. The molecule has 0 saturated heterocycles. The van der Waals surface area contributed by atoms with Gasteiger partial charge in [0.25, 0.3) is 5.56 Å². The van der Waals surface area contributed by atoms with E-state index in [1.54, 1.807) is 12.1 Å². The number of ether oxygens (including phenoxy) is 1. The van der Waals surface area contributed by atoms with Crippen molar-refractivity contribution in [1.82, 2.24) is 20.2 Å². The van der Waals surface area contributed by atoms with E-state index in [0.29, 0.717) is 16.5 Å². The van der Waals surface area contributed by atoms with Crippen molar-refractivity contribution < 1.29 is 13.9 Å². The van der Waals surface area contributed by atoms with Crippen LogP contribution in [0.15, 0.2) is 57.7 Å². The van der Waals surface area contributed by atoms with Gasteiger partial charge in [-0.25, -0.2) is 9.78 Å². The number of para-hydroxylation sites is 2. The van der Waals surface area contributed by atoms with Gasteiger partial charge < -0.3 is 14.1 Å². The van der Waals surface area contributed by atoms with Gasteiger partial charge in [-0.3, -0.25) is 9.89 Å². The SMILES string of the molecule is O=C(OCc1nc2c(oc3ccccc32)c(=O)[nH]1)c1n[nH]c2ccccc12. The zero-order valence-corrected chi connectivity index (χ0v) is 13.9. The van der Waals surface area contributed by atoms with E-state index < -0.39 is 11.5 Å². The molecule has 3 heterocycles. The van der Waals surface area contributed by atoms with Crippen LogP contribution in [0.4, 0.5) is 0 Å². The average Bonchev–Trinajstić information content (AvgIpc) is 3.28. The summed E-state index contributed by atoms with van der Waals surface area (Å²) in [6.45, 7) is -0.190. The lowest BCUT2D eigenvalue weighted by Crippen LogP contribution is -2.14. The number of nitrogens with one attached hydrogen (secondary N) is 2. The Balaban J connectivity index is 1.47. The summed E-state index contributed by atoms with van der Waals surface area (Å²) in [7, 11) is 0. The molecule has 0 spiro atoms. The van der Waals surface area contributed by atoms with E-state index in [1.165, 1.54) is 0 Å². The van der Waals surface area contributed by atoms with Gasteiger partial charge in [0.2, 0.25) is 5.58 Å². The van der Waals surface area contributed by atoms with Crippen LogP contribution in [0.3, 0.4) is 0 Å². The molecule has 8 heteroatoms. The molecule has 0 fully saturated rings. The predicted octanol–water partition coefficient (Wildman–Crippen LogP) is 2.90. The van der Waals surface area contributed by atoms with Gasteiger partial charge in [-0.05, 0) is 18.2 Å². The summed E-state index contributed by atoms with van der Waals surface area (Å²) in [5.41, 5.74) is 1.65. The highest BCUT2D eigenvalue weighted by Crippen LogP contribution is 2.24. The maximum atomic E-state index is 12.4. The van der Waals surface area contributed by atoms with Crippen molar-refractivity contribution in [3.8, 4) is 0 Å². The van der Waals surface area contributed by atoms with E-state index >= 15 is 0 Å². The molecule has 5 rings (SSSR count). The second-order valence-electron chi connectivity index (χ2n) is 5.98. The first-order valence-corrected chi connectivity index (χ1v) is 8.21. The minimum atomic E-state index is -0.604. The zero-order chi connectivity index (χ0) is 18.4. The third kappa shape index (κ3) is 2.46. The number of rotatable bonds is 3. The monoisotopic (exact) mass is 360 g/mol. The maximum Gasteiger partial charge on any atom is 0.359 e. The number of benzene rings is 2. The van der Waals surface area contributed by atoms with Gasteiger partial charge in [0.1, 0.15) is 23.5 Å². The summed E-state index contributed by atoms with van der Waals surface area (Å²) in [6, 6.07) is 14.5. The molecule has 0 aliphatic heterocycles. The van der Waals surface area contributed by atoms with E-state index in [1.807, 2.05) is 36.4 Å². The number of fused-ring (bicyclic) bond motifs is 4. The molecule has 0 aliphatic rings. The van der Waals surface area contributed by atoms with Crippen LogP contribution in [0.1, 0.15) is 16.3 Å². The van der Waals surface area contributed by atoms with E-state index in [-0.39, 0.29) is 23.7 Å². The third-order valence-corrected chi connectivity index (χ3v) is 4.28. The summed E-state index contributed by atoms with van der Waals surface area (Å²) in [4.78, 5) is 31.6. The van der Waals surface area contributed by atoms with E-state index in [9.17, 15) is 9.59 Å². The van der Waals surface area contributed by atoms with Crippen LogP contribution in [-0.2, 0) is 11.3 Å². The van der Waals surface area contributed by atoms with Crippen molar-refractivity contribution in [2.24, 2.45) is 0 Å². The number of H-pyrrole nitrogens is 2. The Bertz CT molecular complexity index is 1380. The molecular formula is C19H12N4O4. The van der Waals surface area contributed by atoms with Crippen molar-refractivity contribution in [2.75, 3.05) is 0 Å². The van der Waals surface area contributed by atoms with Crippen LogP contribution >= 0.6 is 0 Å². The Hall–Kier alpha value is -3.94. The van der Waals surface area contributed by atoms with Crippen LogP contribution < -0.4 is 5.56 Å². The predicted molar refractivity (Wildman–Crippen MR) is 97.3 cm³/mol. The smallest absolute Gasteiger partial charge is 0.359 e. The quantitative estimate of drug-likeness (QED) is 0.478. The normalized spacial score (nSPS) is 11.4. The van der Waals surface area contributed by atoms with Crippen LogP contribution in [0.5, 0.6) is 0 Å². The number of nitrogens with zero attached hydrogens (tertiary/aromatic N) is 2. The Morgan fingerprint density at radius 3 is 2.74 bits per heavy atom. The second-order valence-corrected chi connectivity index (χ2v) is 5.98. The van der Waals surface area contributed by atoms with Gasteiger partial charge >= 0.3 is 5.97 Å². The molecule has 0 amide bonds. The van der Waals surface area contributed by atoms with Crippen molar-refractivity contribution in [1.29, 1.82) is 0 Å². The Labute approximate surface area is 150 Å². The van der Waals surface area contributed by atoms with Gasteiger partial charge in [0.05, 0.1) is 5.52 Å². The summed E-state index contributed by atoms with van der Waals surface area (Å²) < 4.78 is 10.8. The van der Waals surface area contributed by atoms with E-state index in [0.717, 1.165) is 10.9 Å². The number of esters is 1. The van der Waals surface area contributed by atoms with Crippen LogP contribution in [0.2, 0.25) is 0 Å². The summed E-state index contributed by atoms with van der Waals surface area (Å²) in [5.74, 6) is -0.375. The maximum absolute atomic E-state index is 12.4. The fourth-order valence-electron chi connectivity index (χ4n) is 3.04. The number of aromatic nitrogens is 4. The molecule has 0 radical (unpaired) electrons. The minimum Gasteiger partial charge on any atom is -0.453 e. The summed E-state index contributed by atoms with van der Waals surface area (Å²) in [6.07, 6.45) is 0. The number of furan rings is 1. The number of hydrogen-bond acceptors (Lipinski definition) is 6. The molecule has 27 heavy (non-hydrogen) atoms. The van der Waals surface area contributed by atoms with Crippen LogP contribution in [0, 0.1) is 0 Å². The average molecular weight is 360 g/mol. The molecule has 5 aromatic rings. The number of carbonyl (C=O) groups excluding carboxylic acids is 1. The fraction of sp³-hybridized carbons (Fsp3) is 0.0526. The standard InChI is InChI=1S/C19H12N4O4/c24-18-17-15(11-6-2-4-8-13(11)27-17)20-14(21-18)9-26-19(25)16-10-5-1-3-7-12(10)22-23-16/h1-8H,9H2,(H,22,23)(H,20,21,24). The number of aromatic amines is 2. The van der Waals surface area contributed by atoms with Crippen molar-refractivity contribution in [3.63, 3.8) is 0 Å². The largest absolute Gasteiger partial charge is 0.453 e. The minimum absolute atomic E-state index is 0.143. The number of carbonyl (C=O) groups is 1. The second kappa shape index (κ2) is 5.80.